The van der Waals surface area contributed by atoms with Gasteiger partial charge in [-0.1, -0.05) is 49.1 Å². The van der Waals surface area contributed by atoms with Gasteiger partial charge in [0, 0.05) is 17.8 Å². The van der Waals surface area contributed by atoms with Gasteiger partial charge in [0.2, 0.25) is 0 Å². The van der Waals surface area contributed by atoms with Crippen LogP contribution in [0.1, 0.15) is 66.1 Å². The topological polar surface area (TPSA) is 105 Å². The van der Waals surface area contributed by atoms with Gasteiger partial charge in [0.1, 0.15) is 17.3 Å². The first-order chi connectivity index (χ1) is 18.9. The highest BCUT2D eigenvalue weighted by Gasteiger charge is 2.25. The highest BCUT2D eigenvalue weighted by Crippen LogP contribution is 2.33. The lowest BCUT2D eigenvalue weighted by molar-refractivity contribution is -0.137. The quantitative estimate of drug-likeness (QED) is 0.247. The summed E-state index contributed by atoms with van der Waals surface area (Å²) in [7, 11) is 1.63. The number of hydrogen-bond donors (Lipinski definition) is 3. The second kappa shape index (κ2) is 11.6. The number of fused-ring (bicyclic) bond motifs is 1. The van der Waals surface area contributed by atoms with Crippen molar-refractivity contribution >= 4 is 23.3 Å². The molecule has 3 N–H and O–H groups in total. The van der Waals surface area contributed by atoms with Crippen molar-refractivity contribution in [3.05, 3.63) is 83.6 Å². The third-order valence-electron chi connectivity index (χ3n) is 7.33. The molecule has 0 bridgehead atoms. The number of nitrogens with zero attached hydrogens (tertiary/aromatic N) is 2. The molecule has 0 radical (unpaired) electrons. The number of imidazole rings is 1. The van der Waals surface area contributed by atoms with Crippen molar-refractivity contribution in [2.75, 3.05) is 12.4 Å². The molecule has 1 amide bonds. The summed E-state index contributed by atoms with van der Waals surface area (Å²) in [4.78, 5) is 30.3. The molecule has 1 aliphatic carbocycles. The Morgan fingerprint density at radius 2 is 1.85 bits per heavy atom. The summed E-state index contributed by atoms with van der Waals surface area (Å²) < 4.78 is 7.27. The zero-order valence-corrected chi connectivity index (χ0v) is 22.3. The van der Waals surface area contributed by atoms with Crippen LogP contribution in [-0.4, -0.2) is 39.5 Å². The number of ether oxygens (including phenoxy) is 1. The fourth-order valence-corrected chi connectivity index (χ4v) is 5.32. The standard InChI is InChI=1S/C31H34N4O4/c1-20-8-6-9-22(18-20)26(19-27(36)37)33-31(38)25-12-7-17-35-29(25)34-28(21-13-15-24(39-2)16-14-21)30(35)32-23-10-4-3-5-11-23/h6-9,12-18,23,26,32H,3-5,10-11,19H2,1-2H3,(H,33,38)(H,36,37). The molecule has 1 fully saturated rings. The van der Waals surface area contributed by atoms with Crippen molar-refractivity contribution in [3.63, 3.8) is 0 Å². The van der Waals surface area contributed by atoms with Gasteiger partial charge < -0.3 is 20.5 Å². The number of carboxylic acid groups (broad SMARTS) is 1. The summed E-state index contributed by atoms with van der Waals surface area (Å²) in [5.41, 5.74) is 4.30. The minimum Gasteiger partial charge on any atom is -0.497 e. The van der Waals surface area contributed by atoms with E-state index in [0.717, 1.165) is 46.8 Å². The monoisotopic (exact) mass is 526 g/mol. The maximum Gasteiger partial charge on any atom is 0.305 e. The molecule has 4 aromatic rings. The molecule has 1 atom stereocenters. The Labute approximate surface area is 228 Å². The number of aromatic nitrogens is 2. The molecule has 1 aliphatic rings. The molecular weight excluding hydrogens is 492 g/mol. The largest absolute Gasteiger partial charge is 0.497 e. The van der Waals surface area contributed by atoms with Gasteiger partial charge in [-0.2, -0.15) is 0 Å². The van der Waals surface area contributed by atoms with E-state index in [0.29, 0.717) is 17.3 Å². The number of anilines is 1. The number of carboxylic acids is 1. The molecule has 0 saturated heterocycles. The molecule has 2 aromatic carbocycles. The Morgan fingerprint density at radius 1 is 1.08 bits per heavy atom. The number of amides is 1. The number of methoxy groups -OCH3 is 1. The molecule has 39 heavy (non-hydrogen) atoms. The average molecular weight is 527 g/mol. The van der Waals surface area contributed by atoms with E-state index in [4.69, 9.17) is 9.72 Å². The number of rotatable bonds is 9. The molecule has 5 rings (SSSR count). The molecule has 0 spiro atoms. The predicted octanol–water partition coefficient (Wildman–Crippen LogP) is 6.01. The van der Waals surface area contributed by atoms with Crippen molar-refractivity contribution in [1.29, 1.82) is 0 Å². The van der Waals surface area contributed by atoms with E-state index in [1.54, 1.807) is 13.2 Å². The first-order valence-electron chi connectivity index (χ1n) is 13.4. The Balaban J connectivity index is 1.55. The highest BCUT2D eigenvalue weighted by molar-refractivity contribution is 6.01. The first kappa shape index (κ1) is 26.3. The van der Waals surface area contributed by atoms with E-state index < -0.39 is 12.0 Å². The molecule has 0 aliphatic heterocycles. The number of aliphatic carboxylic acids is 1. The van der Waals surface area contributed by atoms with Crippen LogP contribution in [0, 0.1) is 6.92 Å². The number of hydrogen-bond acceptors (Lipinski definition) is 5. The Bertz CT molecular complexity index is 1470. The van der Waals surface area contributed by atoms with Crippen molar-refractivity contribution in [2.45, 2.75) is 57.5 Å². The average Bonchev–Trinajstić information content (AvgIpc) is 3.31. The summed E-state index contributed by atoms with van der Waals surface area (Å²) in [6.45, 7) is 1.94. The van der Waals surface area contributed by atoms with Crippen molar-refractivity contribution in [3.8, 4) is 17.0 Å². The van der Waals surface area contributed by atoms with Gasteiger partial charge in [0.15, 0.2) is 5.65 Å². The summed E-state index contributed by atoms with van der Waals surface area (Å²) in [6.07, 6.45) is 7.48. The van der Waals surface area contributed by atoms with Crippen LogP contribution in [0.4, 0.5) is 5.82 Å². The van der Waals surface area contributed by atoms with Crippen LogP contribution >= 0.6 is 0 Å². The minimum atomic E-state index is -0.985. The zero-order chi connectivity index (χ0) is 27.4. The number of pyridine rings is 1. The number of aryl methyl sites for hydroxylation is 1. The Kier molecular flexibility index (Phi) is 7.81. The lowest BCUT2D eigenvalue weighted by atomic mass is 9.95. The van der Waals surface area contributed by atoms with Gasteiger partial charge in [-0.3, -0.25) is 14.0 Å². The second-order valence-electron chi connectivity index (χ2n) is 10.2. The van der Waals surface area contributed by atoms with E-state index in [-0.39, 0.29) is 12.3 Å². The number of carbonyl (C=O) groups is 2. The smallest absolute Gasteiger partial charge is 0.305 e. The van der Waals surface area contributed by atoms with Gasteiger partial charge >= 0.3 is 5.97 Å². The summed E-state index contributed by atoms with van der Waals surface area (Å²) in [5.74, 6) is 0.243. The lowest BCUT2D eigenvalue weighted by Crippen LogP contribution is -2.30. The molecule has 2 heterocycles. The van der Waals surface area contributed by atoms with E-state index in [2.05, 4.69) is 10.6 Å². The third-order valence-corrected chi connectivity index (χ3v) is 7.33. The number of nitrogens with one attached hydrogen (secondary N) is 2. The molecule has 2 aromatic heterocycles. The summed E-state index contributed by atoms with van der Waals surface area (Å²) in [5, 5.41) is 16.2. The number of benzene rings is 2. The Morgan fingerprint density at radius 3 is 2.54 bits per heavy atom. The van der Waals surface area contributed by atoms with Crippen molar-refractivity contribution < 1.29 is 19.4 Å². The van der Waals surface area contributed by atoms with Crippen LogP contribution in [0.15, 0.2) is 66.9 Å². The van der Waals surface area contributed by atoms with Crippen LogP contribution in [0.2, 0.25) is 0 Å². The highest BCUT2D eigenvalue weighted by atomic mass is 16.5. The molecular formula is C31H34N4O4. The SMILES string of the molecule is COc1ccc(-c2nc3c(C(=O)NC(CC(=O)O)c4cccc(C)c4)cccn3c2NC2CCCCC2)cc1. The van der Waals surface area contributed by atoms with E-state index in [1.165, 1.54) is 19.3 Å². The zero-order valence-electron chi connectivity index (χ0n) is 22.3. The van der Waals surface area contributed by atoms with E-state index >= 15 is 0 Å². The molecule has 202 valence electrons. The molecule has 1 unspecified atom stereocenters. The maximum atomic E-state index is 13.6. The fraction of sp³-hybridized carbons (Fsp3) is 0.323. The third kappa shape index (κ3) is 5.90. The summed E-state index contributed by atoms with van der Waals surface area (Å²) >= 11 is 0. The van der Waals surface area contributed by atoms with Crippen LogP contribution in [0.3, 0.4) is 0 Å². The van der Waals surface area contributed by atoms with Gasteiger partial charge in [-0.05, 0) is 61.7 Å². The van der Waals surface area contributed by atoms with Gasteiger partial charge in [-0.25, -0.2) is 4.98 Å². The van der Waals surface area contributed by atoms with Crippen molar-refractivity contribution in [2.24, 2.45) is 0 Å². The minimum absolute atomic E-state index is 0.224. The van der Waals surface area contributed by atoms with Gasteiger partial charge in [0.25, 0.3) is 5.91 Å². The fourth-order valence-electron chi connectivity index (χ4n) is 5.32. The van der Waals surface area contributed by atoms with E-state index in [9.17, 15) is 14.7 Å². The first-order valence-corrected chi connectivity index (χ1v) is 13.4. The van der Waals surface area contributed by atoms with Crippen LogP contribution in [-0.2, 0) is 4.79 Å². The van der Waals surface area contributed by atoms with Gasteiger partial charge in [-0.15, -0.1) is 0 Å². The van der Waals surface area contributed by atoms with Crippen LogP contribution < -0.4 is 15.4 Å². The number of carbonyl (C=O) groups excluding carboxylic acids is 1. The summed E-state index contributed by atoms with van der Waals surface area (Å²) in [6, 6.07) is 18.5. The maximum absolute atomic E-state index is 13.6. The lowest BCUT2D eigenvalue weighted by Gasteiger charge is -2.24. The molecule has 8 heteroatoms. The second-order valence-corrected chi connectivity index (χ2v) is 10.2. The normalized spacial score (nSPS) is 14.6. The Hall–Kier alpha value is -4.33. The van der Waals surface area contributed by atoms with Gasteiger partial charge in [0.05, 0.1) is 25.1 Å². The predicted molar refractivity (Wildman–Crippen MR) is 151 cm³/mol. The molecule has 8 nitrogen and oxygen atoms in total. The van der Waals surface area contributed by atoms with Crippen LogP contribution in [0.5, 0.6) is 5.75 Å². The van der Waals surface area contributed by atoms with Crippen LogP contribution in [0.25, 0.3) is 16.9 Å². The van der Waals surface area contributed by atoms with Crippen molar-refractivity contribution in [1.82, 2.24) is 14.7 Å². The van der Waals surface area contributed by atoms with E-state index in [1.807, 2.05) is 72.1 Å². The molecule has 1 saturated carbocycles.